The van der Waals surface area contributed by atoms with Crippen LogP contribution in [0.3, 0.4) is 0 Å². The van der Waals surface area contributed by atoms with Crippen molar-refractivity contribution in [3.05, 3.63) is 68.9 Å². The van der Waals surface area contributed by atoms with Crippen LogP contribution in [-0.4, -0.2) is 53.8 Å². The zero-order valence-corrected chi connectivity index (χ0v) is 24.8. The lowest BCUT2D eigenvalue weighted by Gasteiger charge is -2.21. The molecule has 220 valence electrons. The van der Waals surface area contributed by atoms with E-state index in [4.69, 9.17) is 9.47 Å². The molecular formula is C28H35N5O7S. The third-order valence-electron chi connectivity index (χ3n) is 6.47. The van der Waals surface area contributed by atoms with Crippen LogP contribution in [0.4, 0.5) is 5.69 Å². The maximum absolute atomic E-state index is 13.4. The molecule has 0 aliphatic carbocycles. The minimum Gasteiger partial charge on any atom is -0.437 e. The van der Waals surface area contributed by atoms with Crippen LogP contribution < -0.4 is 14.8 Å². The molecule has 12 nitrogen and oxygen atoms in total. The molecule has 2 N–H and O–H groups in total. The summed E-state index contributed by atoms with van der Waals surface area (Å²) in [5.41, 5.74) is 1.56. The van der Waals surface area contributed by atoms with E-state index in [1.165, 1.54) is 10.7 Å². The average Bonchev–Trinajstić information content (AvgIpc) is 3.51. The largest absolute Gasteiger partial charge is 0.437 e. The molecule has 3 aromatic rings. The van der Waals surface area contributed by atoms with Crippen molar-refractivity contribution >= 4 is 21.6 Å². The first-order chi connectivity index (χ1) is 19.2. The van der Waals surface area contributed by atoms with Crippen LogP contribution in [0, 0.1) is 30.9 Å². The van der Waals surface area contributed by atoms with Crippen LogP contribution in [0.1, 0.15) is 60.8 Å². The number of carbonyl (C=O) groups excluding carboxylic acids is 1. The van der Waals surface area contributed by atoms with Gasteiger partial charge in [-0.05, 0) is 77.6 Å². The van der Waals surface area contributed by atoms with Gasteiger partial charge in [-0.15, -0.1) is 0 Å². The first-order valence-electron chi connectivity index (χ1n) is 13.2. The summed E-state index contributed by atoms with van der Waals surface area (Å²) < 4.78 is 42.6. The van der Waals surface area contributed by atoms with Gasteiger partial charge in [-0.25, -0.2) is 13.1 Å². The van der Waals surface area contributed by atoms with Crippen LogP contribution in [0.15, 0.2) is 41.3 Å². The van der Waals surface area contributed by atoms with Crippen LogP contribution >= 0.6 is 0 Å². The fourth-order valence-electron chi connectivity index (χ4n) is 4.49. The number of benzene rings is 2. The molecule has 13 heteroatoms. The summed E-state index contributed by atoms with van der Waals surface area (Å²) in [4.78, 5) is 23.7. The second-order valence-electron chi connectivity index (χ2n) is 11.2. The minimum absolute atomic E-state index is 0.0701. The molecule has 0 radical (unpaired) electrons. The minimum atomic E-state index is -4.26. The van der Waals surface area contributed by atoms with E-state index in [9.17, 15) is 23.3 Å². The molecule has 1 aliphatic heterocycles. The zero-order chi connectivity index (χ0) is 30.1. The highest BCUT2D eigenvalue weighted by molar-refractivity contribution is 7.89. The molecule has 1 atom stereocenters. The van der Waals surface area contributed by atoms with Crippen molar-refractivity contribution in [3.8, 4) is 17.3 Å². The third-order valence-corrected chi connectivity index (χ3v) is 8.24. The Morgan fingerprint density at radius 2 is 1.93 bits per heavy atom. The van der Waals surface area contributed by atoms with Crippen molar-refractivity contribution in [1.82, 2.24) is 19.8 Å². The normalized spacial score (nSPS) is 15.6. The van der Waals surface area contributed by atoms with E-state index >= 15 is 0 Å². The van der Waals surface area contributed by atoms with E-state index in [0.717, 1.165) is 36.1 Å². The molecule has 0 saturated carbocycles. The Hall–Kier alpha value is -3.81. The molecule has 1 saturated heterocycles. The van der Waals surface area contributed by atoms with E-state index in [1.807, 2.05) is 32.0 Å². The molecule has 1 aliphatic rings. The Kier molecular flexibility index (Phi) is 8.52. The molecule has 0 bridgehead atoms. The van der Waals surface area contributed by atoms with E-state index in [0.29, 0.717) is 24.4 Å². The topological polar surface area (TPSA) is 155 Å². The van der Waals surface area contributed by atoms with Crippen LogP contribution in [-0.2, 0) is 14.8 Å². The number of hydrogen-bond donors (Lipinski definition) is 2. The lowest BCUT2D eigenvalue weighted by molar-refractivity contribution is -0.385. The number of hydrogen-bond acceptors (Lipinski definition) is 8. The lowest BCUT2D eigenvalue weighted by Crippen LogP contribution is -2.40. The standard InChI is InChI=1S/C28H35N5O7S/c1-17-9-10-18(2)22(14-17)32-27(19(3)25(30-32)26(34)29-16-21-8-7-13-39-21)40-23-12-11-20(33(35)36)15-24(23)41(37,38)31-28(4,5)6/h9-12,14-15,21,31H,7-8,13,16H2,1-6H3,(H,29,34)/t21-/m1/s1. The molecule has 1 aromatic heterocycles. The van der Waals surface area contributed by atoms with Gasteiger partial charge in [0, 0.05) is 36.4 Å². The number of nitrogens with zero attached hydrogens (tertiary/aromatic N) is 3. The SMILES string of the molecule is Cc1ccc(C)c(-n2nc(C(=O)NC[C@H]3CCCO3)c(C)c2Oc2ccc([N+](=O)[O-])cc2S(=O)(=O)NC(C)(C)C)c1. The highest BCUT2D eigenvalue weighted by atomic mass is 32.2. The second-order valence-corrected chi connectivity index (χ2v) is 12.8. The predicted molar refractivity (Wildman–Crippen MR) is 152 cm³/mol. The van der Waals surface area contributed by atoms with Crippen molar-refractivity contribution in [2.75, 3.05) is 13.2 Å². The number of ether oxygens (including phenoxy) is 2. The second kappa shape index (κ2) is 11.6. The Morgan fingerprint density at radius 1 is 1.20 bits per heavy atom. The van der Waals surface area contributed by atoms with Gasteiger partial charge >= 0.3 is 0 Å². The highest BCUT2D eigenvalue weighted by Crippen LogP contribution is 2.36. The van der Waals surface area contributed by atoms with Crippen LogP contribution in [0.2, 0.25) is 0 Å². The molecule has 4 rings (SSSR count). The Balaban J connectivity index is 1.84. The van der Waals surface area contributed by atoms with Gasteiger partial charge in [-0.3, -0.25) is 14.9 Å². The van der Waals surface area contributed by atoms with Crippen LogP contribution in [0.25, 0.3) is 5.69 Å². The van der Waals surface area contributed by atoms with Gasteiger partial charge in [0.05, 0.1) is 16.7 Å². The number of non-ortho nitro benzene ring substituents is 1. The lowest BCUT2D eigenvalue weighted by atomic mass is 10.1. The smallest absolute Gasteiger partial charge is 0.272 e. The predicted octanol–water partition coefficient (Wildman–Crippen LogP) is 4.48. The number of aryl methyl sites for hydroxylation is 2. The maximum atomic E-state index is 13.4. The summed E-state index contributed by atoms with van der Waals surface area (Å²) in [6.45, 7) is 11.4. The van der Waals surface area contributed by atoms with E-state index in [2.05, 4.69) is 15.1 Å². The summed E-state index contributed by atoms with van der Waals surface area (Å²) in [6, 6.07) is 9.05. The summed E-state index contributed by atoms with van der Waals surface area (Å²) in [5.74, 6) is -0.493. The number of aromatic nitrogens is 2. The maximum Gasteiger partial charge on any atom is 0.272 e. The van der Waals surface area contributed by atoms with E-state index in [1.54, 1.807) is 27.7 Å². The van der Waals surface area contributed by atoms with Crippen molar-refractivity contribution < 1.29 is 27.6 Å². The Labute approximate surface area is 239 Å². The quantitative estimate of drug-likeness (QED) is 0.275. The zero-order valence-electron chi connectivity index (χ0n) is 24.0. The van der Waals surface area contributed by atoms with Crippen molar-refractivity contribution in [2.24, 2.45) is 0 Å². The van der Waals surface area contributed by atoms with E-state index in [-0.39, 0.29) is 23.4 Å². The molecule has 1 amide bonds. The van der Waals surface area contributed by atoms with Gasteiger partial charge in [-0.1, -0.05) is 12.1 Å². The first-order valence-corrected chi connectivity index (χ1v) is 14.7. The highest BCUT2D eigenvalue weighted by Gasteiger charge is 2.30. The van der Waals surface area contributed by atoms with Gasteiger partial charge in [0.1, 0.15) is 10.6 Å². The number of carbonyl (C=O) groups is 1. The average molecular weight is 586 g/mol. The molecule has 2 heterocycles. The Bertz CT molecular complexity index is 1590. The fourth-order valence-corrected chi connectivity index (χ4v) is 6.06. The van der Waals surface area contributed by atoms with Gasteiger partial charge in [0.15, 0.2) is 5.69 Å². The number of nitro groups is 1. The van der Waals surface area contributed by atoms with Crippen LogP contribution in [0.5, 0.6) is 11.6 Å². The summed E-state index contributed by atoms with van der Waals surface area (Å²) in [5, 5.41) is 19.0. The van der Waals surface area contributed by atoms with Crippen molar-refractivity contribution in [1.29, 1.82) is 0 Å². The molecule has 0 unspecified atom stereocenters. The first kappa shape index (κ1) is 30.2. The fraction of sp³-hybridized carbons (Fsp3) is 0.429. The third kappa shape index (κ3) is 6.92. The van der Waals surface area contributed by atoms with Gasteiger partial charge in [0.25, 0.3) is 11.6 Å². The van der Waals surface area contributed by atoms with Gasteiger partial charge in [0.2, 0.25) is 15.9 Å². The monoisotopic (exact) mass is 585 g/mol. The van der Waals surface area contributed by atoms with Crippen molar-refractivity contribution in [3.63, 3.8) is 0 Å². The molecule has 41 heavy (non-hydrogen) atoms. The number of amides is 1. The molecule has 0 spiro atoms. The van der Waals surface area contributed by atoms with Crippen molar-refractivity contribution in [2.45, 2.75) is 70.9 Å². The number of rotatable bonds is 9. The molecule has 1 fully saturated rings. The number of nitro benzene ring substituents is 1. The number of nitrogens with one attached hydrogen (secondary N) is 2. The molecular weight excluding hydrogens is 550 g/mol. The summed E-state index contributed by atoms with van der Waals surface area (Å²) in [6.07, 6.45) is 1.72. The van der Waals surface area contributed by atoms with Gasteiger partial charge in [-0.2, -0.15) is 9.78 Å². The van der Waals surface area contributed by atoms with E-state index < -0.39 is 37.0 Å². The number of sulfonamides is 1. The summed E-state index contributed by atoms with van der Waals surface area (Å²) in [7, 11) is -4.26. The molecule has 2 aromatic carbocycles. The Morgan fingerprint density at radius 3 is 2.56 bits per heavy atom. The van der Waals surface area contributed by atoms with Gasteiger partial charge < -0.3 is 14.8 Å². The summed E-state index contributed by atoms with van der Waals surface area (Å²) >= 11 is 0.